The molecule has 1 unspecified atom stereocenters. The van der Waals surface area contributed by atoms with Crippen LogP contribution in [-0.2, 0) is 33.4 Å². The second-order valence-electron chi connectivity index (χ2n) is 7.83. The molecular weight excluding hydrogens is 476 g/mol. The number of carbonyl (C=O) groups excluding carboxylic acids is 4. The van der Waals surface area contributed by atoms with E-state index in [1.807, 2.05) is 0 Å². The van der Waals surface area contributed by atoms with Crippen molar-refractivity contribution in [2.75, 3.05) is 6.61 Å². The molecule has 0 saturated carbocycles. The zero-order valence-corrected chi connectivity index (χ0v) is 19.5. The van der Waals surface area contributed by atoms with E-state index in [0.29, 0.717) is 0 Å². The molecule has 1 aliphatic rings. The minimum atomic E-state index is -1.65. The lowest BCUT2D eigenvalue weighted by Gasteiger charge is -2.43. The maximum Gasteiger partial charge on any atom is 0.303 e. The standard InChI is InChI=1S/C19H32N4O11.H2O/c1-7(17(30)23-10(16(20)29)4-5-12(26)27)21-18(31)8(2)33-15-13(22-9(3)25)19(32)34-11(6-24)14(15)28;/h7-8,10-11,13-15,19,24,28,32H,4-6H2,1-3H3,(H2,20,29)(H,21,31)(H,22,25)(H,23,30)(H,26,27);1H2/t7-,8+,10+,11+,13+,14+,15+,19?;/m0./s1. The van der Waals surface area contributed by atoms with Gasteiger partial charge < -0.3 is 57.1 Å². The van der Waals surface area contributed by atoms with Gasteiger partial charge in [0.2, 0.25) is 23.6 Å². The highest BCUT2D eigenvalue weighted by Gasteiger charge is 2.47. The van der Waals surface area contributed by atoms with Crippen LogP contribution >= 0.6 is 0 Å². The summed E-state index contributed by atoms with van der Waals surface area (Å²) in [6, 6.07) is -3.71. The van der Waals surface area contributed by atoms with Crippen molar-refractivity contribution in [3.8, 4) is 0 Å². The van der Waals surface area contributed by atoms with Crippen LogP contribution < -0.4 is 21.7 Å². The highest BCUT2D eigenvalue weighted by Crippen LogP contribution is 2.23. The van der Waals surface area contributed by atoms with Crippen molar-refractivity contribution in [3.63, 3.8) is 0 Å². The summed E-state index contributed by atoms with van der Waals surface area (Å²) in [5, 5.41) is 45.5. The SMILES string of the molecule is CC(=O)N[C@H]1C(O)O[C@H](CO)[C@@H](O)[C@@H]1O[C@H](C)C(=O)N[C@@H](C)C(=O)N[C@H](CCC(=O)O)C(N)=O.O. The summed E-state index contributed by atoms with van der Waals surface area (Å²) in [4.78, 5) is 58.4. The van der Waals surface area contributed by atoms with Gasteiger partial charge in [-0.3, -0.25) is 24.0 Å². The van der Waals surface area contributed by atoms with Crippen LogP contribution in [0.1, 0.15) is 33.6 Å². The molecule has 0 aromatic heterocycles. The first kappa shape index (κ1) is 32.1. The number of aliphatic hydroxyl groups excluding tert-OH is 3. The maximum atomic E-state index is 12.5. The Morgan fingerprint density at radius 3 is 2.17 bits per heavy atom. The van der Waals surface area contributed by atoms with Gasteiger partial charge in [0.1, 0.15) is 42.5 Å². The first-order valence-electron chi connectivity index (χ1n) is 10.4. The zero-order chi connectivity index (χ0) is 26.2. The molecule has 8 atom stereocenters. The van der Waals surface area contributed by atoms with E-state index in [4.69, 9.17) is 20.3 Å². The number of rotatable bonds is 12. The molecule has 16 heteroatoms. The average Bonchev–Trinajstić information content (AvgIpc) is 2.74. The van der Waals surface area contributed by atoms with Crippen molar-refractivity contribution in [2.24, 2.45) is 5.73 Å². The fourth-order valence-electron chi connectivity index (χ4n) is 3.18. The summed E-state index contributed by atoms with van der Waals surface area (Å²) < 4.78 is 10.6. The van der Waals surface area contributed by atoms with Crippen molar-refractivity contribution in [1.29, 1.82) is 0 Å². The number of carboxylic acid groups (broad SMARTS) is 1. The van der Waals surface area contributed by atoms with Gasteiger partial charge in [-0.2, -0.15) is 0 Å². The third-order valence-electron chi connectivity index (χ3n) is 5.03. The molecule has 11 N–H and O–H groups in total. The Balaban J connectivity index is 0.0000116. The van der Waals surface area contributed by atoms with E-state index < -0.39 is 91.5 Å². The summed E-state index contributed by atoms with van der Waals surface area (Å²) >= 11 is 0. The van der Waals surface area contributed by atoms with Gasteiger partial charge >= 0.3 is 5.97 Å². The number of carboxylic acids is 1. The smallest absolute Gasteiger partial charge is 0.303 e. The number of carbonyl (C=O) groups is 5. The number of aliphatic carboxylic acids is 1. The Hall–Kier alpha value is -2.89. The van der Waals surface area contributed by atoms with Gasteiger partial charge in [0.25, 0.3) is 0 Å². The molecule has 1 aliphatic heterocycles. The van der Waals surface area contributed by atoms with Crippen molar-refractivity contribution in [1.82, 2.24) is 16.0 Å². The van der Waals surface area contributed by atoms with Gasteiger partial charge in [-0.25, -0.2) is 0 Å². The van der Waals surface area contributed by atoms with Gasteiger partial charge in [-0.15, -0.1) is 0 Å². The topological polar surface area (TPSA) is 278 Å². The summed E-state index contributed by atoms with van der Waals surface area (Å²) in [5.74, 6) is -4.34. The number of nitrogens with two attached hydrogens (primary N) is 1. The lowest BCUT2D eigenvalue weighted by molar-refractivity contribution is -0.266. The minimum absolute atomic E-state index is 0. The number of amides is 4. The third-order valence-corrected chi connectivity index (χ3v) is 5.03. The van der Waals surface area contributed by atoms with Crippen LogP contribution in [0.4, 0.5) is 0 Å². The fourth-order valence-corrected chi connectivity index (χ4v) is 3.18. The van der Waals surface area contributed by atoms with E-state index >= 15 is 0 Å². The molecule has 0 radical (unpaired) electrons. The summed E-state index contributed by atoms with van der Waals surface area (Å²) in [6.45, 7) is 3.06. The number of ether oxygens (including phenoxy) is 2. The van der Waals surface area contributed by atoms with Gasteiger partial charge in [-0.05, 0) is 20.3 Å². The molecule has 0 bridgehead atoms. The molecule has 0 aromatic rings. The molecule has 1 rings (SSSR count). The summed E-state index contributed by atoms with van der Waals surface area (Å²) in [5.41, 5.74) is 5.16. The summed E-state index contributed by atoms with van der Waals surface area (Å²) in [7, 11) is 0. The Labute approximate surface area is 200 Å². The highest BCUT2D eigenvalue weighted by molar-refractivity contribution is 5.92. The van der Waals surface area contributed by atoms with Crippen LogP contribution in [0.3, 0.4) is 0 Å². The Morgan fingerprint density at radius 2 is 1.69 bits per heavy atom. The lowest BCUT2D eigenvalue weighted by atomic mass is 9.96. The molecule has 0 aromatic carbocycles. The number of hydrogen-bond donors (Lipinski definition) is 8. The van der Waals surface area contributed by atoms with Gasteiger partial charge in [0.05, 0.1) is 6.61 Å². The highest BCUT2D eigenvalue weighted by atomic mass is 16.6. The first-order valence-corrected chi connectivity index (χ1v) is 10.4. The largest absolute Gasteiger partial charge is 0.481 e. The van der Waals surface area contributed by atoms with Crippen molar-refractivity contribution >= 4 is 29.6 Å². The van der Waals surface area contributed by atoms with Crippen LogP contribution in [0.5, 0.6) is 0 Å². The normalized spacial score (nSPS) is 26.3. The molecule has 1 fully saturated rings. The molecular formula is C19H34N4O12. The van der Waals surface area contributed by atoms with Crippen LogP contribution in [-0.4, -0.2) is 111 Å². The van der Waals surface area contributed by atoms with E-state index in [-0.39, 0.29) is 11.9 Å². The van der Waals surface area contributed by atoms with E-state index in [1.54, 1.807) is 0 Å². The van der Waals surface area contributed by atoms with Crippen molar-refractivity contribution in [3.05, 3.63) is 0 Å². The molecule has 0 spiro atoms. The van der Waals surface area contributed by atoms with Crippen LogP contribution in [0.2, 0.25) is 0 Å². The molecule has 1 heterocycles. The van der Waals surface area contributed by atoms with Crippen molar-refractivity contribution in [2.45, 2.75) is 82.4 Å². The van der Waals surface area contributed by atoms with E-state index in [9.17, 15) is 39.3 Å². The Morgan fingerprint density at radius 1 is 1.09 bits per heavy atom. The van der Waals surface area contributed by atoms with Crippen LogP contribution in [0.15, 0.2) is 0 Å². The molecule has 0 aliphatic carbocycles. The summed E-state index contributed by atoms with van der Waals surface area (Å²) in [6.07, 6.45) is -7.74. The third kappa shape index (κ3) is 9.71. The predicted molar refractivity (Wildman–Crippen MR) is 115 cm³/mol. The number of aliphatic hydroxyl groups is 3. The number of primary amides is 1. The van der Waals surface area contributed by atoms with Gasteiger partial charge in [-0.1, -0.05) is 0 Å². The van der Waals surface area contributed by atoms with E-state index in [0.717, 1.165) is 6.92 Å². The van der Waals surface area contributed by atoms with E-state index in [2.05, 4.69) is 16.0 Å². The average molecular weight is 510 g/mol. The lowest BCUT2D eigenvalue weighted by Crippen LogP contribution is -2.65. The molecule has 4 amide bonds. The van der Waals surface area contributed by atoms with E-state index in [1.165, 1.54) is 13.8 Å². The van der Waals surface area contributed by atoms with Crippen molar-refractivity contribution < 1.29 is 59.3 Å². The monoisotopic (exact) mass is 510 g/mol. The molecule has 35 heavy (non-hydrogen) atoms. The molecule has 16 nitrogen and oxygen atoms in total. The second-order valence-corrected chi connectivity index (χ2v) is 7.83. The predicted octanol–water partition coefficient (Wildman–Crippen LogP) is -5.15. The van der Waals surface area contributed by atoms with Gasteiger partial charge in [0.15, 0.2) is 6.29 Å². The zero-order valence-electron chi connectivity index (χ0n) is 19.5. The van der Waals surface area contributed by atoms with Gasteiger partial charge in [0, 0.05) is 13.3 Å². The fraction of sp³-hybridized carbons (Fsp3) is 0.737. The molecule has 1 saturated heterocycles. The quantitative estimate of drug-likeness (QED) is 0.123. The minimum Gasteiger partial charge on any atom is -0.481 e. The maximum absolute atomic E-state index is 12.5. The Bertz CT molecular complexity index is 766. The first-order chi connectivity index (χ1) is 15.8. The Kier molecular flexibility index (Phi) is 13.3. The second kappa shape index (κ2) is 14.5. The number of hydrogen-bond acceptors (Lipinski definition) is 10. The van der Waals surface area contributed by atoms with Crippen LogP contribution in [0, 0.1) is 0 Å². The molecule has 202 valence electrons. The van der Waals surface area contributed by atoms with Crippen LogP contribution in [0.25, 0.3) is 0 Å². The number of nitrogens with one attached hydrogen (secondary N) is 3.